The zero-order chi connectivity index (χ0) is 15.4. The Labute approximate surface area is 132 Å². The molecular weight excluding hydrogens is 298 g/mol. The van der Waals surface area contributed by atoms with Crippen LogP contribution in [-0.4, -0.2) is 36.0 Å². The first-order chi connectivity index (χ1) is 10.8. The van der Waals surface area contributed by atoms with Crippen LogP contribution in [0.1, 0.15) is 9.67 Å². The molecule has 0 spiro atoms. The second-order valence-corrected chi connectivity index (χ2v) is 5.66. The lowest BCUT2D eigenvalue weighted by molar-refractivity contribution is 0.0959. The van der Waals surface area contributed by atoms with Crippen molar-refractivity contribution in [2.75, 3.05) is 25.5 Å². The van der Waals surface area contributed by atoms with E-state index in [0.717, 1.165) is 29.0 Å². The van der Waals surface area contributed by atoms with E-state index in [2.05, 4.69) is 25.9 Å². The Kier molecular flexibility index (Phi) is 4.36. The molecule has 0 aliphatic carbocycles. The third-order valence-corrected chi connectivity index (χ3v) is 4.17. The zero-order valence-corrected chi connectivity index (χ0v) is 13.0. The average Bonchev–Trinajstić information content (AvgIpc) is 3.16. The number of carbonyl (C=O) groups is 1. The number of carbonyl (C=O) groups excluding carboxylic acids is 1. The Balaban J connectivity index is 1.80. The fourth-order valence-corrected chi connectivity index (χ4v) is 2.95. The maximum absolute atomic E-state index is 12.2. The third-order valence-electron chi connectivity index (χ3n) is 3.26. The van der Waals surface area contributed by atoms with E-state index < -0.39 is 0 Å². The van der Waals surface area contributed by atoms with Gasteiger partial charge in [-0.3, -0.25) is 4.79 Å². The number of rotatable bonds is 6. The highest BCUT2D eigenvalue weighted by atomic mass is 32.1. The van der Waals surface area contributed by atoms with Crippen LogP contribution in [0.3, 0.4) is 0 Å². The van der Waals surface area contributed by atoms with Gasteiger partial charge in [-0.25, -0.2) is 4.98 Å². The Morgan fingerprint density at radius 3 is 3.05 bits per heavy atom. The van der Waals surface area contributed by atoms with Crippen molar-refractivity contribution < 1.29 is 4.79 Å². The molecule has 0 saturated heterocycles. The molecule has 3 aromatic heterocycles. The molecule has 0 unspecified atom stereocenters. The van der Waals surface area contributed by atoms with Gasteiger partial charge in [-0.15, -0.1) is 11.3 Å². The number of nitrogens with zero attached hydrogens (tertiary/aromatic N) is 1. The van der Waals surface area contributed by atoms with Gasteiger partial charge in [0, 0.05) is 30.9 Å². The van der Waals surface area contributed by atoms with Crippen LogP contribution in [-0.2, 0) is 0 Å². The Morgan fingerprint density at radius 2 is 2.18 bits per heavy atom. The minimum absolute atomic E-state index is 0.0629. The fourth-order valence-electron chi connectivity index (χ4n) is 2.18. The molecule has 0 radical (unpaired) electrons. The highest BCUT2D eigenvalue weighted by Crippen LogP contribution is 2.29. The molecule has 3 aromatic rings. The minimum atomic E-state index is -0.0629. The first kappa shape index (κ1) is 14.6. The van der Waals surface area contributed by atoms with Crippen molar-refractivity contribution in [1.82, 2.24) is 20.6 Å². The first-order valence-corrected chi connectivity index (χ1v) is 7.87. The molecule has 6 nitrogen and oxygen atoms in total. The molecule has 3 rings (SSSR count). The van der Waals surface area contributed by atoms with Crippen LogP contribution in [0.2, 0.25) is 0 Å². The van der Waals surface area contributed by atoms with E-state index in [0.29, 0.717) is 11.4 Å². The van der Waals surface area contributed by atoms with Gasteiger partial charge in [0.05, 0.1) is 11.4 Å². The van der Waals surface area contributed by atoms with Crippen molar-refractivity contribution in [3.8, 4) is 0 Å². The largest absolute Gasteiger partial charge is 0.354 e. The summed E-state index contributed by atoms with van der Waals surface area (Å²) in [4.78, 5) is 20.2. The highest BCUT2D eigenvalue weighted by molar-refractivity contribution is 7.12. The Hall–Kier alpha value is -2.38. The number of anilines is 2. The maximum Gasteiger partial charge on any atom is 0.263 e. The fraction of sp³-hybridized carbons (Fsp3) is 0.200. The van der Waals surface area contributed by atoms with E-state index in [1.165, 1.54) is 11.3 Å². The minimum Gasteiger partial charge on any atom is -0.354 e. The van der Waals surface area contributed by atoms with Gasteiger partial charge in [0.15, 0.2) is 0 Å². The van der Waals surface area contributed by atoms with Crippen molar-refractivity contribution in [3.63, 3.8) is 0 Å². The van der Waals surface area contributed by atoms with Gasteiger partial charge in [0.1, 0.15) is 10.5 Å². The van der Waals surface area contributed by atoms with Crippen LogP contribution in [0.5, 0.6) is 0 Å². The van der Waals surface area contributed by atoms with Gasteiger partial charge >= 0.3 is 0 Å². The van der Waals surface area contributed by atoms with Crippen LogP contribution in [0.4, 0.5) is 11.4 Å². The summed E-state index contributed by atoms with van der Waals surface area (Å²) in [6.07, 6.45) is 3.59. The van der Waals surface area contributed by atoms with Crippen LogP contribution < -0.4 is 16.0 Å². The summed E-state index contributed by atoms with van der Waals surface area (Å²) in [5.41, 5.74) is 2.55. The van der Waals surface area contributed by atoms with Crippen LogP contribution in [0, 0.1) is 0 Å². The highest BCUT2D eigenvalue weighted by Gasteiger charge is 2.14. The van der Waals surface area contributed by atoms with Crippen molar-refractivity contribution in [3.05, 3.63) is 40.8 Å². The molecule has 0 aliphatic heterocycles. The number of nitrogens with one attached hydrogen (secondary N) is 4. The van der Waals surface area contributed by atoms with Gasteiger partial charge in [-0.05, 0) is 30.6 Å². The summed E-state index contributed by atoms with van der Waals surface area (Å²) >= 11 is 1.42. The number of aromatic nitrogens is 2. The van der Waals surface area contributed by atoms with Gasteiger partial charge < -0.3 is 20.9 Å². The predicted molar refractivity (Wildman–Crippen MR) is 90.0 cm³/mol. The Morgan fingerprint density at radius 1 is 1.27 bits per heavy atom. The molecule has 114 valence electrons. The van der Waals surface area contributed by atoms with E-state index >= 15 is 0 Å². The Bertz CT molecular complexity index is 779. The number of likely N-dealkylation sites (N-methyl/N-ethyl adjacent to an activating group) is 1. The van der Waals surface area contributed by atoms with E-state index in [4.69, 9.17) is 0 Å². The van der Waals surface area contributed by atoms with Crippen molar-refractivity contribution >= 4 is 39.7 Å². The van der Waals surface area contributed by atoms with Gasteiger partial charge in [0.2, 0.25) is 0 Å². The molecule has 7 heteroatoms. The summed E-state index contributed by atoms with van der Waals surface area (Å²) in [5, 5.41) is 12.1. The number of hydrogen-bond acceptors (Lipinski definition) is 5. The summed E-state index contributed by atoms with van der Waals surface area (Å²) < 4.78 is 0. The topological polar surface area (TPSA) is 81.8 Å². The lowest BCUT2D eigenvalue weighted by Gasteiger charge is -2.09. The van der Waals surface area contributed by atoms with Gasteiger partial charge in [-0.2, -0.15) is 0 Å². The van der Waals surface area contributed by atoms with Crippen molar-refractivity contribution in [2.45, 2.75) is 0 Å². The smallest absolute Gasteiger partial charge is 0.263 e. The molecule has 4 N–H and O–H groups in total. The van der Waals surface area contributed by atoms with Crippen molar-refractivity contribution in [2.24, 2.45) is 0 Å². The normalized spacial score (nSPS) is 10.8. The number of amides is 1. The third kappa shape index (κ3) is 2.95. The van der Waals surface area contributed by atoms with Gasteiger partial charge in [-0.1, -0.05) is 0 Å². The van der Waals surface area contributed by atoms with E-state index in [1.54, 1.807) is 6.20 Å². The molecule has 0 bridgehead atoms. The second-order valence-electron chi connectivity index (χ2n) is 4.75. The number of thiophene rings is 1. The molecule has 0 atom stereocenters. The van der Waals surface area contributed by atoms with Crippen LogP contribution in [0.25, 0.3) is 11.0 Å². The second kappa shape index (κ2) is 6.59. The molecule has 0 saturated carbocycles. The van der Waals surface area contributed by atoms with Crippen molar-refractivity contribution in [1.29, 1.82) is 0 Å². The standard InChI is InChI=1S/C15H17N5OS/c1-16-7-8-19-15(21)13-12(4-9-22-13)20-11-3-6-18-14-10(11)2-5-17-14/h2-6,9,16H,7-8H2,1H3,(H,19,21)(H2,17,18,20). The van der Waals surface area contributed by atoms with E-state index in [1.807, 2.05) is 36.8 Å². The molecule has 22 heavy (non-hydrogen) atoms. The van der Waals surface area contributed by atoms with E-state index in [9.17, 15) is 4.79 Å². The summed E-state index contributed by atoms with van der Waals surface area (Å²) in [6, 6.07) is 5.77. The number of H-pyrrole nitrogens is 1. The average molecular weight is 315 g/mol. The number of aromatic amines is 1. The lowest BCUT2D eigenvalue weighted by Crippen LogP contribution is -2.30. The van der Waals surface area contributed by atoms with E-state index in [-0.39, 0.29) is 5.91 Å². The van der Waals surface area contributed by atoms with Crippen LogP contribution in [0.15, 0.2) is 36.0 Å². The lowest BCUT2D eigenvalue weighted by atomic mass is 10.2. The molecular formula is C15H17N5OS. The maximum atomic E-state index is 12.2. The predicted octanol–water partition coefficient (Wildman–Crippen LogP) is 2.32. The quantitative estimate of drug-likeness (QED) is 0.526. The molecule has 0 aliphatic rings. The van der Waals surface area contributed by atoms with Crippen LogP contribution >= 0.6 is 11.3 Å². The van der Waals surface area contributed by atoms with Gasteiger partial charge in [0.25, 0.3) is 5.91 Å². The molecule has 3 heterocycles. The summed E-state index contributed by atoms with van der Waals surface area (Å²) in [7, 11) is 1.86. The zero-order valence-electron chi connectivity index (χ0n) is 12.1. The SMILES string of the molecule is CNCCNC(=O)c1sccc1Nc1ccnc2[nH]ccc12. The number of pyridine rings is 1. The summed E-state index contributed by atoms with van der Waals surface area (Å²) in [5.74, 6) is -0.0629. The molecule has 0 aromatic carbocycles. The number of hydrogen-bond donors (Lipinski definition) is 4. The molecule has 0 fully saturated rings. The summed E-state index contributed by atoms with van der Waals surface area (Å²) in [6.45, 7) is 1.35. The number of fused-ring (bicyclic) bond motifs is 1. The first-order valence-electron chi connectivity index (χ1n) is 6.99. The monoisotopic (exact) mass is 315 g/mol. The molecule has 1 amide bonds.